The van der Waals surface area contributed by atoms with Crippen LogP contribution in [-0.2, 0) is 43.0 Å². The molecule has 0 saturated heterocycles. The van der Waals surface area contributed by atoms with Gasteiger partial charge in [-0.3, -0.25) is 4.79 Å². The predicted octanol–water partition coefficient (Wildman–Crippen LogP) is 1.45. The normalized spacial score (nSPS) is 16.5. The molecule has 1 aromatic heterocycles. The van der Waals surface area contributed by atoms with Gasteiger partial charge in [0.25, 0.3) is 5.56 Å². The maximum absolute atomic E-state index is 12.8. The first-order chi connectivity index (χ1) is 12.4. The molecule has 0 N–H and O–H groups in total. The van der Waals surface area contributed by atoms with Crippen molar-refractivity contribution in [1.82, 2.24) is 4.57 Å². The molecule has 2 rings (SSSR count). The SMILES string of the molecule is CC[C@@](OC)(C(=O)OC)c1cc2n(c(=O)c1OS(=O)(=O)C(F)(F)F)CCC2. The Balaban J connectivity index is 2.83. The fraction of sp³-hybridized carbons (Fsp3) is 0.600. The topological polar surface area (TPSA) is 101 Å². The van der Waals surface area contributed by atoms with Crippen molar-refractivity contribution >= 4 is 16.1 Å². The van der Waals surface area contributed by atoms with Crippen LogP contribution in [0, 0.1) is 0 Å². The molecule has 0 amide bonds. The van der Waals surface area contributed by atoms with Crippen LogP contribution in [0.3, 0.4) is 0 Å². The van der Waals surface area contributed by atoms with Gasteiger partial charge in [0, 0.05) is 24.9 Å². The highest BCUT2D eigenvalue weighted by Crippen LogP contribution is 2.38. The molecule has 1 atom stereocenters. The summed E-state index contributed by atoms with van der Waals surface area (Å²) in [5, 5.41) is 0. The molecule has 8 nitrogen and oxygen atoms in total. The summed E-state index contributed by atoms with van der Waals surface area (Å²) in [7, 11) is -4.03. The molecule has 0 spiro atoms. The predicted molar refractivity (Wildman–Crippen MR) is 85.6 cm³/mol. The van der Waals surface area contributed by atoms with Gasteiger partial charge >= 0.3 is 21.6 Å². The number of aromatic nitrogens is 1. The summed E-state index contributed by atoms with van der Waals surface area (Å²) >= 11 is 0. The van der Waals surface area contributed by atoms with Crippen molar-refractivity contribution in [3.8, 4) is 5.75 Å². The second-order valence-corrected chi connectivity index (χ2v) is 7.34. The van der Waals surface area contributed by atoms with Gasteiger partial charge in [0.1, 0.15) is 0 Å². The molecule has 0 bridgehead atoms. The quantitative estimate of drug-likeness (QED) is 0.395. The minimum Gasteiger partial charge on any atom is -0.467 e. The number of nitrogens with zero attached hydrogens (tertiary/aromatic N) is 1. The third-order valence-electron chi connectivity index (χ3n) is 4.43. The van der Waals surface area contributed by atoms with E-state index in [9.17, 15) is 31.2 Å². The summed E-state index contributed by atoms with van der Waals surface area (Å²) in [4.78, 5) is 25.0. The van der Waals surface area contributed by atoms with Crippen molar-refractivity contribution in [1.29, 1.82) is 0 Å². The van der Waals surface area contributed by atoms with Crippen molar-refractivity contribution in [3.63, 3.8) is 0 Å². The Morgan fingerprint density at radius 1 is 1.30 bits per heavy atom. The lowest BCUT2D eigenvalue weighted by Gasteiger charge is -2.30. The molecular weight excluding hydrogens is 395 g/mol. The number of halogens is 3. The van der Waals surface area contributed by atoms with Gasteiger partial charge in [0.05, 0.1) is 7.11 Å². The molecule has 2 heterocycles. The fourth-order valence-corrected chi connectivity index (χ4v) is 3.51. The first kappa shape index (κ1) is 21.2. The van der Waals surface area contributed by atoms with Crippen LogP contribution in [-0.4, -0.2) is 38.7 Å². The number of esters is 1. The van der Waals surface area contributed by atoms with Gasteiger partial charge in [0.15, 0.2) is 5.60 Å². The number of hydrogen-bond donors (Lipinski definition) is 0. The minimum atomic E-state index is -6.14. The van der Waals surface area contributed by atoms with E-state index >= 15 is 0 Å². The summed E-state index contributed by atoms with van der Waals surface area (Å²) in [5.74, 6) is -2.14. The van der Waals surface area contributed by atoms with E-state index in [4.69, 9.17) is 4.74 Å². The van der Waals surface area contributed by atoms with Crippen molar-refractivity contribution in [2.75, 3.05) is 14.2 Å². The standard InChI is InChI=1S/C15H18F3NO7S/c1-4-14(25-3,13(21)24-2)10-8-9-6-5-7-19(9)12(20)11(10)26-27(22,23)15(16,17)18/h8H,4-7H2,1-3H3/t14-/m0/s1. The molecule has 1 aromatic rings. The van der Waals surface area contributed by atoms with Crippen LogP contribution in [0.15, 0.2) is 10.9 Å². The van der Waals surface area contributed by atoms with Gasteiger partial charge in [-0.25, -0.2) is 4.79 Å². The third kappa shape index (κ3) is 3.43. The number of ether oxygens (including phenoxy) is 2. The first-order valence-electron chi connectivity index (χ1n) is 7.86. The van der Waals surface area contributed by atoms with Gasteiger partial charge in [0.2, 0.25) is 5.75 Å². The molecule has 152 valence electrons. The zero-order chi connectivity index (χ0) is 20.6. The second-order valence-electron chi connectivity index (χ2n) is 5.80. The fourth-order valence-electron chi connectivity index (χ4n) is 3.03. The number of aryl methyl sites for hydroxylation is 1. The average molecular weight is 413 g/mol. The Labute approximate surface area is 152 Å². The van der Waals surface area contributed by atoms with E-state index in [1.54, 1.807) is 0 Å². The van der Waals surface area contributed by atoms with Crippen LogP contribution in [0.25, 0.3) is 0 Å². The molecule has 1 aliphatic rings. The lowest BCUT2D eigenvalue weighted by Crippen LogP contribution is -2.42. The number of fused-ring (bicyclic) bond motifs is 1. The number of rotatable bonds is 6. The lowest BCUT2D eigenvalue weighted by molar-refractivity contribution is -0.168. The number of carbonyl (C=O) groups excluding carboxylic acids is 1. The highest BCUT2D eigenvalue weighted by atomic mass is 32.2. The molecule has 0 radical (unpaired) electrons. The summed E-state index contributed by atoms with van der Waals surface area (Å²) in [6.45, 7) is 1.65. The highest BCUT2D eigenvalue weighted by molar-refractivity contribution is 7.88. The number of alkyl halides is 3. The monoisotopic (exact) mass is 413 g/mol. The van der Waals surface area contributed by atoms with Crippen molar-refractivity contribution < 1.29 is 40.0 Å². The number of methoxy groups -OCH3 is 2. The van der Waals surface area contributed by atoms with Gasteiger partial charge in [-0.15, -0.1) is 0 Å². The molecule has 0 saturated carbocycles. The Hall–Kier alpha value is -2.08. The largest absolute Gasteiger partial charge is 0.534 e. The molecule has 0 aromatic carbocycles. The van der Waals surface area contributed by atoms with Crippen LogP contribution in [0.1, 0.15) is 31.0 Å². The number of carbonyl (C=O) groups is 1. The Bertz CT molecular complexity index is 901. The molecular formula is C15H18F3NO7S. The van der Waals surface area contributed by atoms with E-state index in [0.717, 1.165) is 18.8 Å². The summed E-state index contributed by atoms with van der Waals surface area (Å²) in [5.41, 5.74) is -8.86. The van der Waals surface area contributed by atoms with Gasteiger partial charge in [-0.05, 0) is 25.3 Å². The third-order valence-corrected chi connectivity index (χ3v) is 5.38. The van der Waals surface area contributed by atoms with Crippen LogP contribution < -0.4 is 9.74 Å². The molecule has 0 unspecified atom stereocenters. The summed E-state index contributed by atoms with van der Waals surface area (Å²) in [6.07, 6.45) is 0.787. The van der Waals surface area contributed by atoms with E-state index in [1.165, 1.54) is 13.0 Å². The Kier molecular flexibility index (Phi) is 5.62. The van der Waals surface area contributed by atoms with Crippen LogP contribution in [0.5, 0.6) is 5.75 Å². The number of pyridine rings is 1. The van der Waals surface area contributed by atoms with Gasteiger partial charge < -0.3 is 18.2 Å². The van der Waals surface area contributed by atoms with Crippen molar-refractivity contribution in [3.05, 3.63) is 27.7 Å². The van der Waals surface area contributed by atoms with E-state index in [2.05, 4.69) is 8.92 Å². The van der Waals surface area contributed by atoms with E-state index in [0.29, 0.717) is 18.5 Å². The Morgan fingerprint density at radius 2 is 1.93 bits per heavy atom. The Morgan fingerprint density at radius 3 is 2.41 bits per heavy atom. The highest BCUT2D eigenvalue weighted by Gasteiger charge is 2.51. The van der Waals surface area contributed by atoms with E-state index < -0.39 is 44.1 Å². The minimum absolute atomic E-state index is 0.151. The zero-order valence-electron chi connectivity index (χ0n) is 14.8. The van der Waals surface area contributed by atoms with Gasteiger partial charge in [-0.1, -0.05) is 6.92 Å². The van der Waals surface area contributed by atoms with Crippen LogP contribution >= 0.6 is 0 Å². The maximum atomic E-state index is 12.8. The van der Waals surface area contributed by atoms with Crippen LogP contribution in [0.4, 0.5) is 13.2 Å². The lowest BCUT2D eigenvalue weighted by atomic mass is 9.90. The molecule has 0 fully saturated rings. The van der Waals surface area contributed by atoms with Crippen molar-refractivity contribution in [2.45, 2.75) is 43.8 Å². The zero-order valence-corrected chi connectivity index (χ0v) is 15.6. The summed E-state index contributed by atoms with van der Waals surface area (Å²) < 4.78 is 76.6. The molecule has 27 heavy (non-hydrogen) atoms. The number of hydrogen-bond acceptors (Lipinski definition) is 7. The maximum Gasteiger partial charge on any atom is 0.534 e. The van der Waals surface area contributed by atoms with E-state index in [1.807, 2.05) is 0 Å². The van der Waals surface area contributed by atoms with Gasteiger partial charge in [-0.2, -0.15) is 21.6 Å². The first-order valence-corrected chi connectivity index (χ1v) is 9.27. The van der Waals surface area contributed by atoms with E-state index in [-0.39, 0.29) is 13.0 Å². The van der Waals surface area contributed by atoms with Crippen LogP contribution in [0.2, 0.25) is 0 Å². The molecule has 0 aliphatic carbocycles. The average Bonchev–Trinajstić information content (AvgIpc) is 3.07. The smallest absolute Gasteiger partial charge is 0.467 e. The second kappa shape index (κ2) is 7.15. The van der Waals surface area contributed by atoms with Crippen molar-refractivity contribution in [2.24, 2.45) is 0 Å². The molecule has 1 aliphatic heterocycles. The summed E-state index contributed by atoms with van der Waals surface area (Å²) in [6, 6.07) is 1.25. The molecule has 12 heteroatoms.